The molecule has 0 saturated carbocycles. The first-order valence-electron chi connectivity index (χ1n) is 4.20. The van der Waals surface area contributed by atoms with Gasteiger partial charge in [0, 0.05) is 0 Å². The van der Waals surface area contributed by atoms with Crippen molar-refractivity contribution in [2.24, 2.45) is 11.6 Å². The van der Waals surface area contributed by atoms with Gasteiger partial charge in [-0.15, -0.1) is 0 Å². The molecule has 1 aromatic carbocycles. The van der Waals surface area contributed by atoms with Crippen molar-refractivity contribution >= 4 is 5.97 Å². The van der Waals surface area contributed by atoms with E-state index in [-0.39, 0.29) is 0 Å². The summed E-state index contributed by atoms with van der Waals surface area (Å²) in [6.45, 7) is 0. The fourth-order valence-corrected chi connectivity index (χ4v) is 1.09. The summed E-state index contributed by atoms with van der Waals surface area (Å²) in [5, 5.41) is 0. The molecule has 0 aliphatic heterocycles. The zero-order valence-corrected chi connectivity index (χ0v) is 7.64. The van der Waals surface area contributed by atoms with Crippen molar-refractivity contribution in [3.8, 4) is 0 Å². The number of hydrogen-bond donors (Lipinski definition) is 3. The van der Waals surface area contributed by atoms with Gasteiger partial charge in [0.2, 0.25) is 0 Å². The second kappa shape index (κ2) is 5.33. The van der Waals surface area contributed by atoms with Gasteiger partial charge in [-0.1, -0.05) is 35.9 Å². The first-order chi connectivity index (χ1) is 6.74. The molecule has 0 aromatic heterocycles. The summed E-state index contributed by atoms with van der Waals surface area (Å²) in [6, 6.07) is 8.75. The highest BCUT2D eigenvalue weighted by atomic mass is 16.7. The molecule has 0 fully saturated rings. The molecule has 5 nitrogen and oxygen atoms in total. The summed E-state index contributed by atoms with van der Waals surface area (Å²) < 4.78 is 0. The van der Waals surface area contributed by atoms with Gasteiger partial charge in [-0.25, -0.2) is 10.6 Å². The molecular formula is C9H13N3O2. The summed E-state index contributed by atoms with van der Waals surface area (Å²) in [6.07, 6.45) is 0.432. The summed E-state index contributed by atoms with van der Waals surface area (Å²) in [4.78, 5) is 15.4. The third kappa shape index (κ3) is 3.14. The highest BCUT2D eigenvalue weighted by Crippen LogP contribution is 2.02. The summed E-state index contributed by atoms with van der Waals surface area (Å²) in [5.74, 6) is 4.24. The fraction of sp³-hybridized carbons (Fsp3) is 0.222. The zero-order valence-electron chi connectivity index (χ0n) is 7.64. The Morgan fingerprint density at radius 2 is 2.07 bits per heavy atom. The van der Waals surface area contributed by atoms with Gasteiger partial charge in [0.25, 0.3) is 0 Å². The average Bonchev–Trinajstić information content (AvgIpc) is 2.19. The first kappa shape index (κ1) is 10.6. The minimum Gasteiger partial charge on any atom is -0.354 e. The smallest absolute Gasteiger partial charge is 0.343 e. The number of nitrogens with two attached hydrogens (primary N) is 2. The maximum atomic E-state index is 11.1. The number of nitrogens with one attached hydrogen (secondary N) is 1. The lowest BCUT2D eigenvalue weighted by atomic mass is 10.1. The Morgan fingerprint density at radius 1 is 1.43 bits per heavy atom. The highest BCUT2D eigenvalue weighted by Gasteiger charge is 2.15. The lowest BCUT2D eigenvalue weighted by Crippen LogP contribution is -2.39. The normalized spacial score (nSPS) is 12.1. The monoisotopic (exact) mass is 195 g/mol. The van der Waals surface area contributed by atoms with Gasteiger partial charge in [-0.2, -0.15) is 0 Å². The summed E-state index contributed by atoms with van der Waals surface area (Å²) >= 11 is 0. The first-order valence-corrected chi connectivity index (χ1v) is 4.20. The average molecular weight is 195 g/mol. The molecule has 1 aromatic rings. The Bertz CT molecular complexity index is 289. The van der Waals surface area contributed by atoms with Crippen molar-refractivity contribution in [2.75, 3.05) is 0 Å². The van der Waals surface area contributed by atoms with E-state index in [2.05, 4.69) is 4.84 Å². The van der Waals surface area contributed by atoms with Crippen LogP contribution in [0, 0.1) is 0 Å². The quantitative estimate of drug-likeness (QED) is 0.444. The van der Waals surface area contributed by atoms with E-state index in [1.807, 2.05) is 30.3 Å². The fourth-order valence-electron chi connectivity index (χ4n) is 1.09. The third-order valence-electron chi connectivity index (χ3n) is 1.76. The minimum absolute atomic E-state index is 0.432. The highest BCUT2D eigenvalue weighted by molar-refractivity contribution is 5.75. The van der Waals surface area contributed by atoms with Crippen LogP contribution in [0.4, 0.5) is 0 Å². The van der Waals surface area contributed by atoms with Gasteiger partial charge in [0.15, 0.2) is 0 Å². The van der Waals surface area contributed by atoms with Crippen molar-refractivity contribution in [1.82, 2.24) is 5.59 Å². The van der Waals surface area contributed by atoms with E-state index in [0.29, 0.717) is 6.42 Å². The Hall–Kier alpha value is -1.43. The van der Waals surface area contributed by atoms with Gasteiger partial charge in [-0.3, -0.25) is 0 Å². The molecule has 1 atom stereocenters. The number of hydrazine groups is 1. The summed E-state index contributed by atoms with van der Waals surface area (Å²) in [7, 11) is 0. The minimum atomic E-state index is -0.701. The molecule has 1 rings (SSSR count). The van der Waals surface area contributed by atoms with Crippen molar-refractivity contribution in [3.63, 3.8) is 0 Å². The van der Waals surface area contributed by atoms with Crippen LogP contribution in [-0.2, 0) is 16.1 Å². The molecule has 14 heavy (non-hydrogen) atoms. The standard InChI is InChI=1S/C9H13N3O2/c10-8(9(13)14-12-11)6-7-4-2-1-3-5-7/h1-5,8,12H,6,10-11H2/t8-/m0/s1. The van der Waals surface area contributed by atoms with Gasteiger partial charge in [-0.05, 0) is 12.0 Å². The molecule has 0 aliphatic rings. The molecule has 5 N–H and O–H groups in total. The maximum absolute atomic E-state index is 11.1. The lowest BCUT2D eigenvalue weighted by molar-refractivity contribution is -0.152. The Labute approximate surface area is 82.0 Å². The van der Waals surface area contributed by atoms with Crippen molar-refractivity contribution in [3.05, 3.63) is 35.9 Å². The zero-order chi connectivity index (χ0) is 10.4. The number of benzene rings is 1. The third-order valence-corrected chi connectivity index (χ3v) is 1.76. The van der Waals surface area contributed by atoms with Gasteiger partial charge in [0.05, 0.1) is 0 Å². The van der Waals surface area contributed by atoms with E-state index in [1.165, 1.54) is 0 Å². The van der Waals surface area contributed by atoms with Crippen LogP contribution >= 0.6 is 0 Å². The van der Waals surface area contributed by atoms with Crippen molar-refractivity contribution < 1.29 is 9.63 Å². The predicted octanol–water partition coefficient (Wildman–Crippen LogP) is -0.522. The second-order valence-electron chi connectivity index (χ2n) is 2.84. The van der Waals surface area contributed by atoms with Crippen LogP contribution in [0.5, 0.6) is 0 Å². The van der Waals surface area contributed by atoms with Crippen LogP contribution in [0.1, 0.15) is 5.56 Å². The molecule has 0 heterocycles. The van der Waals surface area contributed by atoms with Gasteiger partial charge < -0.3 is 10.6 Å². The number of carbonyl (C=O) groups is 1. The van der Waals surface area contributed by atoms with E-state index < -0.39 is 12.0 Å². The molecule has 0 spiro atoms. The number of rotatable bonds is 4. The maximum Gasteiger partial charge on any atom is 0.343 e. The van der Waals surface area contributed by atoms with Crippen LogP contribution in [0.25, 0.3) is 0 Å². The van der Waals surface area contributed by atoms with E-state index in [4.69, 9.17) is 11.6 Å². The molecule has 0 saturated heterocycles. The van der Waals surface area contributed by atoms with E-state index in [9.17, 15) is 4.79 Å². The van der Waals surface area contributed by atoms with Crippen LogP contribution < -0.4 is 17.2 Å². The largest absolute Gasteiger partial charge is 0.354 e. The van der Waals surface area contributed by atoms with Crippen LogP contribution in [0.15, 0.2) is 30.3 Å². The SMILES string of the molecule is NNOC(=O)[C@@H](N)Cc1ccccc1. The van der Waals surface area contributed by atoms with Crippen LogP contribution in [0.2, 0.25) is 0 Å². The molecule has 76 valence electrons. The van der Waals surface area contributed by atoms with Crippen molar-refractivity contribution in [2.45, 2.75) is 12.5 Å². The number of hydrogen-bond acceptors (Lipinski definition) is 5. The molecular weight excluding hydrogens is 182 g/mol. The molecule has 0 bridgehead atoms. The topological polar surface area (TPSA) is 90.4 Å². The molecule has 0 radical (unpaired) electrons. The number of carbonyl (C=O) groups excluding carboxylic acids is 1. The molecule has 0 unspecified atom stereocenters. The van der Waals surface area contributed by atoms with E-state index in [1.54, 1.807) is 5.59 Å². The molecule has 0 amide bonds. The van der Waals surface area contributed by atoms with Crippen LogP contribution in [0.3, 0.4) is 0 Å². The molecule has 5 heteroatoms. The van der Waals surface area contributed by atoms with Gasteiger partial charge >= 0.3 is 5.97 Å². The lowest BCUT2D eigenvalue weighted by Gasteiger charge is -2.09. The summed E-state index contributed by atoms with van der Waals surface area (Å²) in [5.41, 5.74) is 8.35. The predicted molar refractivity (Wildman–Crippen MR) is 51.5 cm³/mol. The second-order valence-corrected chi connectivity index (χ2v) is 2.84. The van der Waals surface area contributed by atoms with Crippen LogP contribution in [-0.4, -0.2) is 12.0 Å². The Kier molecular flexibility index (Phi) is 4.06. The van der Waals surface area contributed by atoms with Gasteiger partial charge in [0.1, 0.15) is 6.04 Å². The molecule has 0 aliphatic carbocycles. The Balaban J connectivity index is 2.49. The van der Waals surface area contributed by atoms with E-state index >= 15 is 0 Å². The van der Waals surface area contributed by atoms with E-state index in [0.717, 1.165) is 5.56 Å². The Morgan fingerprint density at radius 3 is 2.64 bits per heavy atom. The van der Waals surface area contributed by atoms with Crippen molar-refractivity contribution in [1.29, 1.82) is 0 Å².